The fourth-order valence-corrected chi connectivity index (χ4v) is 2.43. The van der Waals surface area contributed by atoms with Gasteiger partial charge in [0, 0.05) is 19.6 Å². The summed E-state index contributed by atoms with van der Waals surface area (Å²) in [5, 5.41) is 19.4. The molecule has 0 aliphatic rings. The molecule has 6 heteroatoms. The lowest BCUT2D eigenvalue weighted by molar-refractivity contribution is -0.00000990. The SMILES string of the molecule is COc1ccc(OCC(O)CN(CCO)Cc2ccccc2)cc1.[Cl-]. The van der Waals surface area contributed by atoms with E-state index in [9.17, 15) is 10.2 Å². The molecule has 0 bridgehead atoms. The Hall–Kier alpha value is -1.79. The first-order valence-corrected chi connectivity index (χ1v) is 8.03. The topological polar surface area (TPSA) is 62.2 Å². The number of halogens is 1. The molecule has 2 aromatic rings. The molecule has 1 unspecified atom stereocenters. The smallest absolute Gasteiger partial charge is 0.119 e. The van der Waals surface area contributed by atoms with Crippen LogP contribution < -0.4 is 21.9 Å². The number of hydrogen-bond acceptors (Lipinski definition) is 5. The summed E-state index contributed by atoms with van der Waals surface area (Å²) in [6, 6.07) is 17.2. The molecule has 0 aliphatic carbocycles. The summed E-state index contributed by atoms with van der Waals surface area (Å²) in [7, 11) is 1.61. The Morgan fingerprint density at radius 2 is 1.64 bits per heavy atom. The van der Waals surface area contributed by atoms with Crippen LogP contribution in [0, 0.1) is 0 Å². The first-order chi connectivity index (χ1) is 11.7. The molecule has 0 saturated heterocycles. The molecule has 2 rings (SSSR count). The van der Waals surface area contributed by atoms with E-state index in [0.717, 1.165) is 11.3 Å². The van der Waals surface area contributed by atoms with Crippen LogP contribution in [0.25, 0.3) is 0 Å². The second-order valence-electron chi connectivity index (χ2n) is 5.58. The minimum absolute atomic E-state index is 0. The first-order valence-electron chi connectivity index (χ1n) is 8.03. The Morgan fingerprint density at radius 3 is 2.24 bits per heavy atom. The van der Waals surface area contributed by atoms with Crippen LogP contribution in [0.2, 0.25) is 0 Å². The van der Waals surface area contributed by atoms with Crippen molar-refractivity contribution in [2.45, 2.75) is 12.6 Å². The number of ether oxygens (including phenoxy) is 2. The van der Waals surface area contributed by atoms with Crippen LogP contribution in [0.1, 0.15) is 5.56 Å². The largest absolute Gasteiger partial charge is 1.00 e. The molecule has 138 valence electrons. The number of methoxy groups -OCH3 is 1. The van der Waals surface area contributed by atoms with Crippen molar-refractivity contribution < 1.29 is 32.1 Å². The van der Waals surface area contributed by atoms with Gasteiger partial charge < -0.3 is 32.1 Å². The fraction of sp³-hybridized carbons (Fsp3) is 0.368. The molecule has 2 N–H and O–H groups in total. The number of benzene rings is 2. The minimum Gasteiger partial charge on any atom is -1.00 e. The van der Waals surface area contributed by atoms with Gasteiger partial charge in [0.25, 0.3) is 0 Å². The summed E-state index contributed by atoms with van der Waals surface area (Å²) < 4.78 is 10.7. The molecular weight excluding hydrogens is 342 g/mol. The maximum absolute atomic E-state index is 10.2. The van der Waals surface area contributed by atoms with Crippen LogP contribution in [0.4, 0.5) is 0 Å². The molecule has 5 nitrogen and oxygen atoms in total. The van der Waals surface area contributed by atoms with Gasteiger partial charge in [-0.05, 0) is 29.8 Å². The summed E-state index contributed by atoms with van der Waals surface area (Å²) in [5.41, 5.74) is 1.15. The van der Waals surface area contributed by atoms with E-state index >= 15 is 0 Å². The Morgan fingerprint density at radius 1 is 1.00 bits per heavy atom. The number of hydrogen-bond donors (Lipinski definition) is 2. The van der Waals surface area contributed by atoms with Gasteiger partial charge in [-0.15, -0.1) is 0 Å². The van der Waals surface area contributed by atoms with Crippen molar-refractivity contribution in [3.8, 4) is 11.5 Å². The van der Waals surface area contributed by atoms with Crippen LogP contribution in [0.5, 0.6) is 11.5 Å². The molecule has 0 amide bonds. The van der Waals surface area contributed by atoms with Crippen molar-refractivity contribution in [1.82, 2.24) is 4.90 Å². The van der Waals surface area contributed by atoms with E-state index in [1.165, 1.54) is 0 Å². The Bertz CT molecular complexity index is 580. The average molecular weight is 367 g/mol. The van der Waals surface area contributed by atoms with E-state index in [0.29, 0.717) is 25.4 Å². The van der Waals surface area contributed by atoms with Gasteiger partial charge >= 0.3 is 0 Å². The van der Waals surface area contributed by atoms with Gasteiger partial charge in [0.15, 0.2) is 0 Å². The molecule has 25 heavy (non-hydrogen) atoms. The van der Waals surface area contributed by atoms with E-state index < -0.39 is 6.10 Å². The molecule has 0 aromatic heterocycles. The highest BCUT2D eigenvalue weighted by Crippen LogP contribution is 2.17. The zero-order valence-corrected chi connectivity index (χ0v) is 15.1. The third-order valence-corrected chi connectivity index (χ3v) is 3.64. The van der Waals surface area contributed by atoms with Crippen molar-refractivity contribution in [2.24, 2.45) is 0 Å². The van der Waals surface area contributed by atoms with Crippen LogP contribution in [-0.4, -0.2) is 54.6 Å². The maximum atomic E-state index is 10.2. The third-order valence-electron chi connectivity index (χ3n) is 3.64. The molecule has 1 atom stereocenters. The van der Waals surface area contributed by atoms with Crippen molar-refractivity contribution >= 4 is 0 Å². The quantitative estimate of drug-likeness (QED) is 0.561. The van der Waals surface area contributed by atoms with Gasteiger partial charge in [-0.1, -0.05) is 30.3 Å². The minimum atomic E-state index is -0.637. The zero-order chi connectivity index (χ0) is 17.2. The maximum Gasteiger partial charge on any atom is 0.119 e. The monoisotopic (exact) mass is 366 g/mol. The van der Waals surface area contributed by atoms with E-state index in [4.69, 9.17) is 9.47 Å². The van der Waals surface area contributed by atoms with E-state index in [1.54, 1.807) is 19.2 Å². The summed E-state index contributed by atoms with van der Waals surface area (Å²) in [5.74, 6) is 1.45. The van der Waals surface area contributed by atoms with Crippen LogP contribution in [0.15, 0.2) is 54.6 Å². The van der Waals surface area contributed by atoms with Crippen molar-refractivity contribution in [3.63, 3.8) is 0 Å². The summed E-state index contributed by atoms with van der Waals surface area (Å²) in [4.78, 5) is 2.01. The standard InChI is InChI=1S/C19H25NO4.ClH/c1-23-18-7-9-19(10-8-18)24-15-17(22)14-20(11-12-21)13-16-5-3-2-4-6-16;/h2-10,17,21-22H,11-15H2,1H3;1H/p-1. The molecular formula is C19H25ClNO4-. The molecule has 2 aromatic carbocycles. The van der Waals surface area contributed by atoms with Crippen LogP contribution in [-0.2, 0) is 6.54 Å². The number of rotatable bonds is 10. The zero-order valence-electron chi connectivity index (χ0n) is 14.3. The second-order valence-corrected chi connectivity index (χ2v) is 5.58. The summed E-state index contributed by atoms with van der Waals surface area (Å²) in [6.07, 6.45) is -0.637. The third kappa shape index (κ3) is 7.75. The summed E-state index contributed by atoms with van der Waals surface area (Å²) >= 11 is 0. The first kappa shape index (κ1) is 21.3. The molecule has 0 saturated carbocycles. The summed E-state index contributed by atoms with van der Waals surface area (Å²) in [6.45, 7) is 1.88. The van der Waals surface area contributed by atoms with Gasteiger partial charge in [-0.2, -0.15) is 0 Å². The van der Waals surface area contributed by atoms with E-state index in [2.05, 4.69) is 0 Å². The van der Waals surface area contributed by atoms with E-state index in [1.807, 2.05) is 47.4 Å². The normalized spacial score (nSPS) is 11.7. The lowest BCUT2D eigenvalue weighted by Gasteiger charge is -2.24. The highest BCUT2D eigenvalue weighted by Gasteiger charge is 2.13. The predicted molar refractivity (Wildman–Crippen MR) is 93.3 cm³/mol. The Labute approximate surface area is 155 Å². The van der Waals surface area contributed by atoms with Gasteiger partial charge in [-0.25, -0.2) is 0 Å². The average Bonchev–Trinajstić information content (AvgIpc) is 2.61. The highest BCUT2D eigenvalue weighted by atomic mass is 35.5. The van der Waals surface area contributed by atoms with E-state index in [-0.39, 0.29) is 25.6 Å². The van der Waals surface area contributed by atoms with Gasteiger partial charge in [0.2, 0.25) is 0 Å². The van der Waals surface area contributed by atoms with Gasteiger partial charge in [0.1, 0.15) is 24.2 Å². The number of nitrogens with zero attached hydrogens (tertiary/aromatic N) is 1. The Kier molecular flexibility index (Phi) is 9.96. The number of aliphatic hydroxyl groups is 2. The van der Waals surface area contributed by atoms with Crippen molar-refractivity contribution in [1.29, 1.82) is 0 Å². The highest BCUT2D eigenvalue weighted by molar-refractivity contribution is 5.31. The Balaban J connectivity index is 0.00000312. The number of aliphatic hydroxyl groups excluding tert-OH is 2. The fourth-order valence-electron chi connectivity index (χ4n) is 2.43. The van der Waals surface area contributed by atoms with Gasteiger partial charge in [-0.3, -0.25) is 4.90 Å². The lowest BCUT2D eigenvalue weighted by Crippen LogP contribution is -3.00. The van der Waals surface area contributed by atoms with Crippen LogP contribution in [0.3, 0.4) is 0 Å². The molecule has 0 fully saturated rings. The molecule has 0 radical (unpaired) electrons. The second kappa shape index (κ2) is 11.7. The van der Waals surface area contributed by atoms with Crippen molar-refractivity contribution in [3.05, 3.63) is 60.2 Å². The lowest BCUT2D eigenvalue weighted by atomic mass is 10.2. The molecule has 0 aliphatic heterocycles. The van der Waals surface area contributed by atoms with Gasteiger partial charge in [0.05, 0.1) is 13.7 Å². The van der Waals surface area contributed by atoms with Crippen LogP contribution >= 0.6 is 0 Å². The predicted octanol–water partition coefficient (Wildman–Crippen LogP) is -1.07. The van der Waals surface area contributed by atoms with Crippen molar-refractivity contribution in [2.75, 3.05) is 33.4 Å². The molecule has 0 heterocycles. The molecule has 0 spiro atoms.